The molecule has 0 saturated carbocycles. The number of H-pyrrole nitrogens is 1. The number of rotatable bonds is 8. The maximum Gasteiger partial charge on any atom is 0.103 e. The van der Waals surface area contributed by atoms with E-state index in [1.807, 2.05) is 10.9 Å². The zero-order valence-electron chi connectivity index (χ0n) is 14.7. The van der Waals surface area contributed by atoms with Gasteiger partial charge in [0.1, 0.15) is 5.69 Å². The monoisotopic (exact) mass is 326 g/mol. The Labute approximate surface area is 143 Å². The van der Waals surface area contributed by atoms with Gasteiger partial charge in [0, 0.05) is 30.4 Å². The van der Waals surface area contributed by atoms with E-state index in [1.165, 1.54) is 12.0 Å². The summed E-state index contributed by atoms with van der Waals surface area (Å²) in [4.78, 5) is 0. The molecule has 0 aliphatic heterocycles. The highest BCUT2D eigenvalue weighted by atomic mass is 16.5. The Balaban J connectivity index is 1.69. The lowest BCUT2D eigenvalue weighted by Crippen LogP contribution is -2.09. The molecule has 0 radical (unpaired) electrons. The Kier molecular flexibility index (Phi) is 5.30. The number of hydrogen-bond donors (Lipinski definition) is 1. The van der Waals surface area contributed by atoms with Crippen LogP contribution in [0.2, 0.25) is 0 Å². The number of ether oxygens (including phenoxy) is 1. The van der Waals surface area contributed by atoms with Crippen molar-refractivity contribution in [2.24, 2.45) is 0 Å². The van der Waals surface area contributed by atoms with Gasteiger partial charge in [-0.05, 0) is 38.8 Å². The first kappa shape index (κ1) is 16.7. The third-order valence-electron chi connectivity index (χ3n) is 4.37. The van der Waals surface area contributed by atoms with Crippen molar-refractivity contribution in [3.8, 4) is 11.3 Å². The average Bonchev–Trinajstić information content (AvgIpc) is 3.20. The number of unbranched alkanes of at least 4 members (excludes halogenated alkanes) is 1. The molecule has 0 spiro atoms. The molecule has 0 aliphatic rings. The fourth-order valence-electron chi connectivity index (χ4n) is 2.78. The lowest BCUT2D eigenvalue weighted by molar-refractivity contribution is 0.119. The van der Waals surface area contributed by atoms with Crippen molar-refractivity contribution >= 4 is 10.9 Å². The van der Waals surface area contributed by atoms with Crippen LogP contribution in [0.3, 0.4) is 0 Å². The summed E-state index contributed by atoms with van der Waals surface area (Å²) >= 11 is 0. The van der Waals surface area contributed by atoms with Crippen LogP contribution in [0.25, 0.3) is 22.2 Å². The topological polar surface area (TPSA) is 55.7 Å². The van der Waals surface area contributed by atoms with Gasteiger partial charge < -0.3 is 4.74 Å². The van der Waals surface area contributed by atoms with Crippen LogP contribution in [0.15, 0.2) is 30.6 Å². The van der Waals surface area contributed by atoms with Crippen molar-refractivity contribution in [1.82, 2.24) is 20.0 Å². The van der Waals surface area contributed by atoms with Gasteiger partial charge in [-0.2, -0.15) is 10.2 Å². The predicted octanol–water partition coefficient (Wildman–Crippen LogP) is 4.50. The van der Waals surface area contributed by atoms with Gasteiger partial charge in [0.2, 0.25) is 0 Å². The SMILES string of the molecule is CCCCOCCC(C)n1cc(-c2n[nH]c3ccc(C)cc23)cn1. The van der Waals surface area contributed by atoms with Gasteiger partial charge in [0.15, 0.2) is 0 Å². The summed E-state index contributed by atoms with van der Waals surface area (Å²) in [7, 11) is 0. The number of aryl methyl sites for hydroxylation is 1. The average molecular weight is 326 g/mol. The van der Waals surface area contributed by atoms with Gasteiger partial charge in [-0.15, -0.1) is 0 Å². The molecule has 0 fully saturated rings. The summed E-state index contributed by atoms with van der Waals surface area (Å²) < 4.78 is 7.67. The van der Waals surface area contributed by atoms with Crippen LogP contribution >= 0.6 is 0 Å². The minimum Gasteiger partial charge on any atom is -0.381 e. The van der Waals surface area contributed by atoms with Gasteiger partial charge in [-0.3, -0.25) is 9.78 Å². The highest BCUT2D eigenvalue weighted by Crippen LogP contribution is 2.27. The molecule has 1 unspecified atom stereocenters. The molecule has 3 aromatic rings. The number of nitrogens with one attached hydrogen (secondary N) is 1. The molecular weight excluding hydrogens is 300 g/mol. The van der Waals surface area contributed by atoms with E-state index >= 15 is 0 Å². The van der Waals surface area contributed by atoms with Gasteiger partial charge in [0.05, 0.1) is 17.8 Å². The molecule has 3 rings (SSSR count). The van der Waals surface area contributed by atoms with Crippen molar-refractivity contribution < 1.29 is 4.74 Å². The molecule has 1 N–H and O–H groups in total. The maximum atomic E-state index is 5.66. The van der Waals surface area contributed by atoms with Crippen molar-refractivity contribution in [2.75, 3.05) is 13.2 Å². The largest absolute Gasteiger partial charge is 0.381 e. The fraction of sp³-hybridized carbons (Fsp3) is 0.474. The van der Waals surface area contributed by atoms with Gasteiger partial charge in [0.25, 0.3) is 0 Å². The number of benzene rings is 1. The molecule has 24 heavy (non-hydrogen) atoms. The molecule has 1 aromatic carbocycles. The van der Waals surface area contributed by atoms with Gasteiger partial charge in [-0.1, -0.05) is 25.0 Å². The summed E-state index contributed by atoms with van der Waals surface area (Å²) in [5.41, 5.74) is 4.30. The van der Waals surface area contributed by atoms with Crippen LogP contribution in [0.4, 0.5) is 0 Å². The lowest BCUT2D eigenvalue weighted by atomic mass is 10.1. The minimum absolute atomic E-state index is 0.312. The number of aromatic amines is 1. The normalized spacial score (nSPS) is 12.8. The second-order valence-electron chi connectivity index (χ2n) is 6.43. The summed E-state index contributed by atoms with van der Waals surface area (Å²) in [6.07, 6.45) is 7.24. The lowest BCUT2D eigenvalue weighted by Gasteiger charge is -2.12. The molecular formula is C19H26N4O. The number of fused-ring (bicyclic) bond motifs is 1. The van der Waals surface area contributed by atoms with Crippen LogP contribution < -0.4 is 0 Å². The van der Waals surface area contributed by atoms with E-state index in [0.29, 0.717) is 6.04 Å². The highest BCUT2D eigenvalue weighted by molar-refractivity contribution is 5.92. The standard InChI is InChI=1S/C19H26N4O/c1-4-5-9-24-10-8-15(3)23-13-16(12-20-23)19-17-11-14(2)6-7-18(17)21-22-19/h6-7,11-13,15H,4-5,8-10H2,1-3H3,(H,21,22). The van der Waals surface area contributed by atoms with Crippen molar-refractivity contribution in [3.05, 3.63) is 36.2 Å². The summed E-state index contributed by atoms with van der Waals surface area (Å²) in [5, 5.41) is 13.2. The van der Waals surface area contributed by atoms with Gasteiger partial charge in [-0.25, -0.2) is 0 Å². The first-order valence-electron chi connectivity index (χ1n) is 8.76. The summed E-state index contributed by atoms with van der Waals surface area (Å²) in [6.45, 7) is 8.08. The second kappa shape index (κ2) is 7.62. The van der Waals surface area contributed by atoms with E-state index in [9.17, 15) is 0 Å². The quantitative estimate of drug-likeness (QED) is 0.620. The van der Waals surface area contributed by atoms with Crippen molar-refractivity contribution in [2.45, 2.75) is 46.1 Å². The smallest absolute Gasteiger partial charge is 0.103 e. The first-order chi connectivity index (χ1) is 11.7. The zero-order chi connectivity index (χ0) is 16.9. The van der Waals surface area contributed by atoms with Gasteiger partial charge >= 0.3 is 0 Å². The van der Waals surface area contributed by atoms with E-state index in [1.54, 1.807) is 0 Å². The van der Waals surface area contributed by atoms with E-state index in [4.69, 9.17) is 4.74 Å². The molecule has 0 amide bonds. The van der Waals surface area contributed by atoms with Crippen LogP contribution in [-0.4, -0.2) is 33.2 Å². The molecule has 0 saturated heterocycles. The predicted molar refractivity (Wildman–Crippen MR) is 97.1 cm³/mol. The molecule has 5 nitrogen and oxygen atoms in total. The Morgan fingerprint density at radius 3 is 3.00 bits per heavy atom. The highest BCUT2D eigenvalue weighted by Gasteiger charge is 2.12. The van der Waals surface area contributed by atoms with Crippen LogP contribution in [0.1, 0.15) is 44.7 Å². The van der Waals surface area contributed by atoms with Crippen molar-refractivity contribution in [3.63, 3.8) is 0 Å². The van der Waals surface area contributed by atoms with Crippen LogP contribution in [0.5, 0.6) is 0 Å². The number of hydrogen-bond acceptors (Lipinski definition) is 3. The molecule has 5 heteroatoms. The van der Waals surface area contributed by atoms with Crippen LogP contribution in [0, 0.1) is 6.92 Å². The molecule has 2 heterocycles. The maximum absolute atomic E-state index is 5.66. The van der Waals surface area contributed by atoms with Crippen molar-refractivity contribution in [1.29, 1.82) is 0 Å². The minimum atomic E-state index is 0.312. The molecule has 2 aromatic heterocycles. The van der Waals surface area contributed by atoms with E-state index in [-0.39, 0.29) is 0 Å². The molecule has 0 aliphatic carbocycles. The van der Waals surface area contributed by atoms with Crippen LogP contribution in [-0.2, 0) is 4.74 Å². The molecule has 0 bridgehead atoms. The Morgan fingerprint density at radius 1 is 1.29 bits per heavy atom. The molecule has 128 valence electrons. The Hall–Kier alpha value is -2.14. The summed E-state index contributed by atoms with van der Waals surface area (Å²) in [6, 6.07) is 6.64. The molecule has 1 atom stereocenters. The third-order valence-corrected chi connectivity index (χ3v) is 4.37. The fourth-order valence-corrected chi connectivity index (χ4v) is 2.78. The third kappa shape index (κ3) is 3.67. The Bertz CT molecular complexity index is 790. The van der Waals surface area contributed by atoms with E-state index < -0.39 is 0 Å². The van der Waals surface area contributed by atoms with E-state index in [2.05, 4.69) is 60.5 Å². The number of nitrogens with zero attached hydrogens (tertiary/aromatic N) is 3. The van der Waals surface area contributed by atoms with E-state index in [0.717, 1.165) is 48.2 Å². The Morgan fingerprint density at radius 2 is 2.17 bits per heavy atom. The zero-order valence-corrected chi connectivity index (χ0v) is 14.7. The number of aromatic nitrogens is 4. The second-order valence-corrected chi connectivity index (χ2v) is 6.43. The first-order valence-corrected chi connectivity index (χ1v) is 8.76. The summed E-state index contributed by atoms with van der Waals surface area (Å²) in [5.74, 6) is 0.